The van der Waals surface area contributed by atoms with Gasteiger partial charge in [0, 0.05) is 62.8 Å². The van der Waals surface area contributed by atoms with Gasteiger partial charge in [0.25, 0.3) is 0 Å². The molecule has 0 unspecified atom stereocenters. The van der Waals surface area contributed by atoms with Gasteiger partial charge in [0.05, 0.1) is 18.2 Å². The van der Waals surface area contributed by atoms with Gasteiger partial charge in [-0.05, 0) is 70.2 Å². The Bertz CT molecular complexity index is 1620. The Hall–Kier alpha value is -4.59. The van der Waals surface area contributed by atoms with Crippen LogP contribution in [-0.4, -0.2) is 85.5 Å². The Labute approximate surface area is 272 Å². The second kappa shape index (κ2) is 13.6. The average molecular weight is 655 g/mol. The third kappa shape index (κ3) is 7.53. The lowest BCUT2D eigenvalue weighted by Crippen LogP contribution is -2.48. The topological polar surface area (TPSA) is 115 Å². The Morgan fingerprint density at radius 3 is 2.55 bits per heavy atom. The van der Waals surface area contributed by atoms with Crippen LogP contribution in [0.5, 0.6) is 5.75 Å². The zero-order valence-electron chi connectivity index (χ0n) is 27.3. The molecule has 0 atom stereocenters. The Balaban J connectivity index is 1.29. The summed E-state index contributed by atoms with van der Waals surface area (Å²) in [5.41, 5.74) is 1.58. The van der Waals surface area contributed by atoms with Gasteiger partial charge in [-0.3, -0.25) is 9.59 Å². The Morgan fingerprint density at radius 1 is 1.13 bits per heavy atom. The molecule has 5 rings (SSSR count). The number of carbonyl (C=O) groups excluding carboxylic acids is 2. The van der Waals surface area contributed by atoms with Crippen molar-refractivity contribution in [1.82, 2.24) is 19.8 Å². The van der Waals surface area contributed by atoms with E-state index < -0.39 is 23.0 Å². The van der Waals surface area contributed by atoms with E-state index in [-0.39, 0.29) is 24.3 Å². The number of methoxy groups -OCH3 is 1. The molecule has 1 saturated heterocycles. The molecule has 252 valence electrons. The summed E-state index contributed by atoms with van der Waals surface area (Å²) in [4.78, 5) is 39.4. The maximum atomic E-state index is 14.0. The van der Waals surface area contributed by atoms with Crippen LogP contribution in [0.2, 0.25) is 0 Å². The van der Waals surface area contributed by atoms with Crippen molar-refractivity contribution >= 4 is 40.6 Å². The molecule has 0 saturated carbocycles. The van der Waals surface area contributed by atoms with E-state index in [4.69, 9.17) is 4.74 Å². The van der Waals surface area contributed by atoms with E-state index in [9.17, 15) is 22.8 Å². The lowest BCUT2D eigenvalue weighted by Gasteiger charge is -2.36. The van der Waals surface area contributed by atoms with Crippen LogP contribution in [0.25, 0.3) is 0 Å². The maximum Gasteiger partial charge on any atom is 0.421 e. The lowest BCUT2D eigenvalue weighted by molar-refractivity contribution is -0.137. The van der Waals surface area contributed by atoms with E-state index >= 15 is 0 Å². The summed E-state index contributed by atoms with van der Waals surface area (Å²) in [5.74, 6) is 0.00311. The molecule has 2 aliphatic rings. The summed E-state index contributed by atoms with van der Waals surface area (Å²) in [6.45, 7) is 7.00. The molecular formula is C33H41F3N8O3. The number of hydrogen-bond donors (Lipinski definition) is 3. The summed E-state index contributed by atoms with van der Waals surface area (Å²) in [6.07, 6.45) is -2.60. The summed E-state index contributed by atoms with van der Waals surface area (Å²) in [6, 6.07) is 10.8. The highest BCUT2D eigenvalue weighted by Crippen LogP contribution is 2.41. The second-order valence-corrected chi connectivity index (χ2v) is 12.5. The van der Waals surface area contributed by atoms with Gasteiger partial charge in [-0.15, -0.1) is 0 Å². The van der Waals surface area contributed by atoms with E-state index in [1.54, 1.807) is 38.1 Å². The van der Waals surface area contributed by atoms with Crippen LogP contribution < -0.4 is 25.6 Å². The number of rotatable bonds is 11. The van der Waals surface area contributed by atoms with Gasteiger partial charge in [0.2, 0.25) is 17.8 Å². The minimum atomic E-state index is -4.70. The first-order valence-electron chi connectivity index (χ1n) is 15.5. The van der Waals surface area contributed by atoms with Crippen LogP contribution in [0.15, 0.2) is 42.6 Å². The maximum absolute atomic E-state index is 14.0. The van der Waals surface area contributed by atoms with Crippen LogP contribution >= 0.6 is 0 Å². The SMILES string of the molecule is COc1cc(N2CCN(C(=O)CCCN(C)C)CC2)ccc1Nc1ncc(C(F)(F)F)c(NCc2cccc3c2C(C)(C)C(=O)N3)n1. The highest BCUT2D eigenvalue weighted by molar-refractivity contribution is 6.06. The van der Waals surface area contributed by atoms with E-state index in [0.29, 0.717) is 55.3 Å². The number of nitrogens with one attached hydrogen (secondary N) is 3. The Morgan fingerprint density at radius 2 is 1.87 bits per heavy atom. The van der Waals surface area contributed by atoms with Crippen molar-refractivity contribution in [3.8, 4) is 5.75 Å². The summed E-state index contributed by atoms with van der Waals surface area (Å²) >= 11 is 0. The van der Waals surface area contributed by atoms with Crippen molar-refractivity contribution < 1.29 is 27.5 Å². The van der Waals surface area contributed by atoms with Crippen LogP contribution in [0.4, 0.5) is 42.0 Å². The fourth-order valence-corrected chi connectivity index (χ4v) is 5.96. The van der Waals surface area contributed by atoms with Crippen molar-refractivity contribution in [2.24, 2.45) is 0 Å². The number of nitrogens with zero attached hydrogens (tertiary/aromatic N) is 5. The third-order valence-electron chi connectivity index (χ3n) is 8.56. The predicted octanol–water partition coefficient (Wildman–Crippen LogP) is 5.08. The summed E-state index contributed by atoms with van der Waals surface area (Å²) < 4.78 is 47.5. The van der Waals surface area contributed by atoms with Gasteiger partial charge >= 0.3 is 6.18 Å². The fourth-order valence-electron chi connectivity index (χ4n) is 5.96. The number of piperazine rings is 1. The zero-order valence-corrected chi connectivity index (χ0v) is 27.3. The van der Waals surface area contributed by atoms with Crippen molar-refractivity contribution in [3.63, 3.8) is 0 Å². The van der Waals surface area contributed by atoms with Crippen molar-refractivity contribution in [2.45, 2.75) is 44.8 Å². The standard InChI is InChI=1S/C33H41F3N8O3/c1-32(2)28-21(8-6-9-25(28)39-30(32)46)19-37-29-23(33(34,35)36)20-38-31(41-29)40-24-12-11-22(18-26(24)47-5)43-14-16-44(17-15-43)27(45)10-7-13-42(3)4/h6,8-9,11-12,18,20H,7,10,13-17,19H2,1-5H3,(H,39,46)(H2,37,38,40,41). The minimum Gasteiger partial charge on any atom is -0.494 e. The smallest absolute Gasteiger partial charge is 0.421 e. The molecule has 47 heavy (non-hydrogen) atoms. The molecule has 3 heterocycles. The summed E-state index contributed by atoms with van der Waals surface area (Å²) in [7, 11) is 5.49. The summed E-state index contributed by atoms with van der Waals surface area (Å²) in [5, 5.41) is 8.67. The lowest BCUT2D eigenvalue weighted by atomic mass is 9.83. The normalized spacial score (nSPS) is 15.8. The number of alkyl halides is 3. The van der Waals surface area contributed by atoms with E-state index in [2.05, 4.69) is 35.7 Å². The first kappa shape index (κ1) is 33.8. The van der Waals surface area contributed by atoms with Crippen molar-refractivity contribution in [1.29, 1.82) is 0 Å². The molecule has 11 nitrogen and oxygen atoms in total. The molecule has 2 aromatic carbocycles. The molecule has 0 radical (unpaired) electrons. The van der Waals surface area contributed by atoms with Gasteiger partial charge in [0.1, 0.15) is 17.1 Å². The highest BCUT2D eigenvalue weighted by atomic mass is 19.4. The molecule has 3 aromatic rings. The number of amides is 2. The van der Waals surface area contributed by atoms with Crippen molar-refractivity contribution in [3.05, 3.63) is 59.3 Å². The largest absolute Gasteiger partial charge is 0.494 e. The van der Waals surface area contributed by atoms with Crippen LogP contribution in [0, 0.1) is 0 Å². The van der Waals surface area contributed by atoms with E-state index in [1.165, 1.54) is 7.11 Å². The van der Waals surface area contributed by atoms with Gasteiger partial charge in [-0.2, -0.15) is 18.2 Å². The number of benzene rings is 2. The molecule has 2 aliphatic heterocycles. The number of aromatic nitrogens is 2. The molecular weight excluding hydrogens is 613 g/mol. The molecule has 14 heteroatoms. The molecule has 2 amide bonds. The van der Waals surface area contributed by atoms with E-state index in [0.717, 1.165) is 30.4 Å². The van der Waals surface area contributed by atoms with E-state index in [1.807, 2.05) is 31.1 Å². The molecule has 1 fully saturated rings. The molecule has 0 bridgehead atoms. The molecule has 3 N–H and O–H groups in total. The number of halogens is 3. The molecule has 1 aromatic heterocycles. The quantitative estimate of drug-likeness (QED) is 0.261. The first-order valence-corrected chi connectivity index (χ1v) is 15.5. The van der Waals surface area contributed by atoms with Gasteiger partial charge in [-0.1, -0.05) is 12.1 Å². The number of fused-ring (bicyclic) bond motifs is 1. The van der Waals surface area contributed by atoms with Crippen LogP contribution in [-0.2, 0) is 27.7 Å². The number of carbonyl (C=O) groups is 2. The predicted molar refractivity (Wildman–Crippen MR) is 175 cm³/mol. The Kier molecular flexibility index (Phi) is 9.80. The fraction of sp³-hybridized carbons (Fsp3) is 0.455. The number of hydrogen-bond acceptors (Lipinski definition) is 9. The van der Waals surface area contributed by atoms with Crippen LogP contribution in [0.3, 0.4) is 0 Å². The zero-order chi connectivity index (χ0) is 33.9. The van der Waals surface area contributed by atoms with Crippen molar-refractivity contribution in [2.75, 3.05) is 74.8 Å². The first-order chi connectivity index (χ1) is 22.3. The molecule has 0 spiro atoms. The third-order valence-corrected chi connectivity index (χ3v) is 8.56. The second-order valence-electron chi connectivity index (χ2n) is 12.5. The van der Waals surface area contributed by atoms with Gasteiger partial charge in [0.15, 0.2) is 0 Å². The monoisotopic (exact) mass is 654 g/mol. The average Bonchev–Trinajstić information content (AvgIpc) is 3.27. The minimum absolute atomic E-state index is 0.00800. The molecule has 0 aliphatic carbocycles. The number of anilines is 5. The number of ether oxygens (including phenoxy) is 1. The van der Waals surface area contributed by atoms with Gasteiger partial charge in [-0.25, -0.2) is 4.98 Å². The van der Waals surface area contributed by atoms with Crippen LogP contribution in [0.1, 0.15) is 43.4 Å². The highest BCUT2D eigenvalue weighted by Gasteiger charge is 2.40. The van der Waals surface area contributed by atoms with Gasteiger partial charge < -0.3 is 35.4 Å².